The molecular weight excluding hydrogens is 394 g/mol. The molecule has 0 saturated carbocycles. The van der Waals surface area contributed by atoms with Crippen LogP contribution in [0.5, 0.6) is 0 Å². The van der Waals surface area contributed by atoms with Crippen LogP contribution in [0.15, 0.2) is 53.7 Å². The molecule has 0 saturated heterocycles. The summed E-state index contributed by atoms with van der Waals surface area (Å²) in [5.74, 6) is 0.849. The van der Waals surface area contributed by atoms with E-state index < -0.39 is 0 Å². The molecule has 2 N–H and O–H groups in total. The topological polar surface area (TPSA) is 71.8 Å². The van der Waals surface area contributed by atoms with Crippen LogP contribution in [0.2, 0.25) is 0 Å². The summed E-state index contributed by atoms with van der Waals surface area (Å²) in [4.78, 5) is 13.3. The quantitative estimate of drug-likeness (QED) is 0.613. The zero-order valence-electron chi connectivity index (χ0n) is 17.6. The average molecular weight is 422 g/mol. The highest BCUT2D eigenvalue weighted by atomic mass is 32.2. The molecule has 1 amide bonds. The van der Waals surface area contributed by atoms with Gasteiger partial charge in [0.25, 0.3) is 0 Å². The Morgan fingerprint density at radius 1 is 1.17 bits per heavy atom. The molecule has 2 aromatic carbocycles. The predicted octanol–water partition coefficient (Wildman–Crippen LogP) is 4.50. The molecule has 2 heterocycles. The van der Waals surface area contributed by atoms with Gasteiger partial charge >= 0.3 is 0 Å². The van der Waals surface area contributed by atoms with Crippen LogP contribution < -0.4 is 10.7 Å². The Kier molecular flexibility index (Phi) is 6.08. The molecule has 4 rings (SSSR count). The van der Waals surface area contributed by atoms with Crippen LogP contribution in [-0.4, -0.2) is 26.0 Å². The van der Waals surface area contributed by atoms with Gasteiger partial charge in [0.1, 0.15) is 5.25 Å². The summed E-state index contributed by atoms with van der Waals surface area (Å²) in [6.07, 6.45) is 2.81. The summed E-state index contributed by atoms with van der Waals surface area (Å²) >= 11 is 1.46. The third-order valence-electron chi connectivity index (χ3n) is 5.27. The van der Waals surface area contributed by atoms with E-state index in [9.17, 15) is 4.79 Å². The van der Waals surface area contributed by atoms with Crippen LogP contribution in [0.3, 0.4) is 0 Å². The molecule has 0 bridgehead atoms. The van der Waals surface area contributed by atoms with Crippen molar-refractivity contribution in [3.63, 3.8) is 0 Å². The molecule has 30 heavy (non-hydrogen) atoms. The smallest absolute Gasteiger partial charge is 0.240 e. The van der Waals surface area contributed by atoms with Gasteiger partial charge in [-0.3, -0.25) is 4.79 Å². The molecule has 0 aliphatic carbocycles. The second-order valence-electron chi connectivity index (χ2n) is 7.58. The van der Waals surface area contributed by atoms with Crippen molar-refractivity contribution in [2.45, 2.75) is 56.5 Å². The molecule has 2 atom stereocenters. The summed E-state index contributed by atoms with van der Waals surface area (Å²) in [5.41, 5.74) is 7.79. The minimum absolute atomic E-state index is 0.0473. The lowest BCUT2D eigenvalue weighted by Crippen LogP contribution is -2.41. The van der Waals surface area contributed by atoms with E-state index >= 15 is 0 Å². The number of aryl methyl sites for hydroxylation is 3. The van der Waals surface area contributed by atoms with Crippen molar-refractivity contribution in [1.82, 2.24) is 14.9 Å². The molecule has 1 aliphatic rings. The van der Waals surface area contributed by atoms with E-state index in [0.717, 1.165) is 47.1 Å². The van der Waals surface area contributed by atoms with Crippen LogP contribution in [0.1, 0.15) is 48.8 Å². The van der Waals surface area contributed by atoms with Gasteiger partial charge in [0.2, 0.25) is 11.1 Å². The fraction of sp³-hybridized carbons (Fsp3) is 0.348. The van der Waals surface area contributed by atoms with E-state index in [4.69, 9.17) is 0 Å². The highest BCUT2D eigenvalue weighted by Crippen LogP contribution is 2.37. The number of rotatable bonds is 6. The van der Waals surface area contributed by atoms with Gasteiger partial charge in [-0.25, -0.2) is 4.68 Å². The minimum atomic E-state index is -0.371. The number of nitrogens with one attached hydrogen (secondary N) is 2. The Morgan fingerprint density at radius 3 is 2.67 bits per heavy atom. The van der Waals surface area contributed by atoms with Gasteiger partial charge in [-0.1, -0.05) is 62.0 Å². The van der Waals surface area contributed by atoms with Gasteiger partial charge < -0.3 is 10.7 Å². The zero-order valence-corrected chi connectivity index (χ0v) is 18.4. The SMILES string of the molecule is CCCc1nnc2n1N[C@@H](c1ccc(CC)cc1)[C@H](C(=O)Nc1cccc(C)c1)S2. The van der Waals surface area contributed by atoms with Gasteiger partial charge in [0.05, 0.1) is 6.04 Å². The second kappa shape index (κ2) is 8.92. The van der Waals surface area contributed by atoms with Crippen LogP contribution in [0.4, 0.5) is 5.69 Å². The largest absolute Gasteiger partial charge is 0.325 e. The van der Waals surface area contributed by atoms with Gasteiger partial charge in [-0.2, -0.15) is 0 Å². The lowest BCUT2D eigenvalue weighted by molar-refractivity contribution is -0.116. The van der Waals surface area contributed by atoms with E-state index in [-0.39, 0.29) is 17.2 Å². The number of anilines is 1. The van der Waals surface area contributed by atoms with E-state index in [1.54, 1.807) is 0 Å². The molecule has 1 aliphatic heterocycles. The van der Waals surface area contributed by atoms with E-state index in [2.05, 4.69) is 59.1 Å². The summed E-state index contributed by atoms with van der Waals surface area (Å²) in [7, 11) is 0. The molecule has 0 radical (unpaired) electrons. The van der Waals surface area contributed by atoms with Crippen molar-refractivity contribution in [3.05, 3.63) is 71.0 Å². The van der Waals surface area contributed by atoms with Crippen molar-refractivity contribution in [2.75, 3.05) is 10.7 Å². The first kappa shape index (κ1) is 20.5. The number of hydrogen-bond donors (Lipinski definition) is 2. The summed E-state index contributed by atoms with van der Waals surface area (Å²) in [5, 5.41) is 12.1. The summed E-state index contributed by atoms with van der Waals surface area (Å²) in [6.45, 7) is 6.28. The summed E-state index contributed by atoms with van der Waals surface area (Å²) < 4.78 is 1.95. The Morgan fingerprint density at radius 2 is 1.97 bits per heavy atom. The third kappa shape index (κ3) is 4.21. The number of carbonyl (C=O) groups excluding carboxylic acids is 1. The fourth-order valence-electron chi connectivity index (χ4n) is 3.63. The molecule has 6 nitrogen and oxygen atoms in total. The summed E-state index contributed by atoms with van der Waals surface area (Å²) in [6, 6.07) is 16.2. The van der Waals surface area contributed by atoms with Crippen molar-refractivity contribution in [2.24, 2.45) is 0 Å². The maximum Gasteiger partial charge on any atom is 0.240 e. The van der Waals surface area contributed by atoms with E-state index in [0.29, 0.717) is 0 Å². The highest BCUT2D eigenvalue weighted by molar-refractivity contribution is 8.00. The van der Waals surface area contributed by atoms with E-state index in [1.165, 1.54) is 17.3 Å². The van der Waals surface area contributed by atoms with Gasteiger partial charge in [-0.05, 0) is 48.6 Å². The van der Waals surface area contributed by atoms with Gasteiger partial charge in [0.15, 0.2) is 5.82 Å². The first-order valence-corrected chi connectivity index (χ1v) is 11.3. The van der Waals surface area contributed by atoms with Crippen LogP contribution >= 0.6 is 11.8 Å². The first-order chi connectivity index (χ1) is 14.6. The molecule has 156 valence electrons. The normalized spacial score (nSPS) is 17.8. The van der Waals surface area contributed by atoms with Crippen molar-refractivity contribution >= 4 is 23.4 Å². The van der Waals surface area contributed by atoms with Crippen LogP contribution in [-0.2, 0) is 17.6 Å². The molecular formula is C23H27N5OS. The molecule has 1 aromatic heterocycles. The van der Waals surface area contributed by atoms with Gasteiger partial charge in [0, 0.05) is 12.1 Å². The maximum absolute atomic E-state index is 13.3. The predicted molar refractivity (Wildman–Crippen MR) is 121 cm³/mol. The Balaban J connectivity index is 1.66. The first-order valence-electron chi connectivity index (χ1n) is 10.4. The Bertz CT molecular complexity index is 1030. The number of fused-ring (bicyclic) bond motifs is 1. The molecule has 0 unspecified atom stereocenters. The number of amides is 1. The Labute approximate surface area is 181 Å². The zero-order chi connectivity index (χ0) is 21.1. The molecule has 3 aromatic rings. The number of aromatic nitrogens is 3. The number of benzene rings is 2. The van der Waals surface area contributed by atoms with Crippen molar-refractivity contribution in [3.8, 4) is 0 Å². The number of hydrogen-bond acceptors (Lipinski definition) is 5. The lowest BCUT2D eigenvalue weighted by Gasteiger charge is -2.33. The van der Waals surface area contributed by atoms with Crippen molar-refractivity contribution in [1.29, 1.82) is 0 Å². The number of thioether (sulfide) groups is 1. The van der Waals surface area contributed by atoms with Crippen LogP contribution in [0.25, 0.3) is 0 Å². The lowest BCUT2D eigenvalue weighted by atomic mass is 10.0. The standard InChI is InChI=1S/C23H27N5OS/c1-4-7-19-25-26-23-28(19)27-20(17-12-10-16(5-2)11-13-17)21(30-23)22(29)24-18-9-6-8-15(3)14-18/h6,8-14,20-21,27H,4-5,7H2,1-3H3,(H,24,29)/t20-,21+/m0/s1. The average Bonchev–Trinajstić information content (AvgIpc) is 3.15. The molecule has 7 heteroatoms. The van der Waals surface area contributed by atoms with Crippen LogP contribution in [0, 0.1) is 6.92 Å². The minimum Gasteiger partial charge on any atom is -0.325 e. The van der Waals surface area contributed by atoms with E-state index in [1.807, 2.05) is 35.9 Å². The number of carbonyl (C=O) groups is 1. The van der Waals surface area contributed by atoms with Gasteiger partial charge in [-0.15, -0.1) is 10.2 Å². The fourth-order valence-corrected chi connectivity index (χ4v) is 4.73. The second-order valence-corrected chi connectivity index (χ2v) is 8.69. The number of nitrogens with zero attached hydrogens (tertiary/aromatic N) is 3. The Hall–Kier alpha value is -2.80. The third-order valence-corrected chi connectivity index (χ3v) is 6.48. The van der Waals surface area contributed by atoms with Crippen molar-refractivity contribution < 1.29 is 4.79 Å². The maximum atomic E-state index is 13.3. The molecule has 0 fully saturated rings. The highest BCUT2D eigenvalue weighted by Gasteiger charge is 2.37. The monoisotopic (exact) mass is 421 g/mol. The molecule has 0 spiro atoms.